The zero-order valence-corrected chi connectivity index (χ0v) is 10.3. The minimum atomic E-state index is 0.470. The maximum absolute atomic E-state index is 6.16. The van der Waals surface area contributed by atoms with Crippen LogP contribution in [-0.2, 0) is 6.42 Å². The third kappa shape index (κ3) is 1.77. The maximum Gasteiger partial charge on any atom is 0.350 e. The molecule has 1 aliphatic rings. The second-order valence-electron chi connectivity index (χ2n) is 4.64. The van der Waals surface area contributed by atoms with Gasteiger partial charge in [0.25, 0.3) is 0 Å². The number of aryl methyl sites for hydroxylation is 1. The predicted molar refractivity (Wildman–Crippen MR) is 68.0 cm³/mol. The fourth-order valence-corrected chi connectivity index (χ4v) is 2.25. The van der Waals surface area contributed by atoms with Crippen LogP contribution in [0.5, 0.6) is 0 Å². The molecule has 1 aromatic rings. The average molecular weight is 218 g/mol. The van der Waals surface area contributed by atoms with Crippen LogP contribution >= 0.6 is 0 Å². The minimum absolute atomic E-state index is 0.470. The lowest BCUT2D eigenvalue weighted by Gasteiger charge is -2.31. The van der Waals surface area contributed by atoms with E-state index >= 15 is 0 Å². The Bertz CT molecular complexity index is 419. The summed E-state index contributed by atoms with van der Waals surface area (Å²) in [4.78, 5) is 2.23. The zero-order valence-electron chi connectivity index (χ0n) is 10.3. The van der Waals surface area contributed by atoms with Gasteiger partial charge < -0.3 is 0 Å². The van der Waals surface area contributed by atoms with Crippen molar-refractivity contribution in [1.82, 2.24) is 0 Å². The third-order valence-electron chi connectivity index (χ3n) is 3.23. The van der Waals surface area contributed by atoms with Crippen LogP contribution in [0.1, 0.15) is 18.9 Å². The van der Waals surface area contributed by atoms with E-state index in [9.17, 15) is 0 Å². The molecule has 1 unspecified atom stereocenters. The Labute approximate surface area is 97.2 Å². The number of nitrogens with two attached hydrogens (primary N) is 1. The van der Waals surface area contributed by atoms with Crippen molar-refractivity contribution in [2.75, 3.05) is 19.0 Å². The van der Waals surface area contributed by atoms with Gasteiger partial charge in [0.05, 0.1) is 20.1 Å². The number of benzene rings is 1. The van der Waals surface area contributed by atoms with Crippen molar-refractivity contribution in [3.05, 3.63) is 29.8 Å². The first-order chi connectivity index (χ1) is 7.61. The lowest BCUT2D eigenvalue weighted by molar-refractivity contribution is -0.466. The number of nitrogens with zero attached hydrogens (tertiary/aromatic N) is 2. The summed E-state index contributed by atoms with van der Waals surface area (Å²) >= 11 is 0. The minimum Gasteiger partial charge on any atom is -0.290 e. The summed E-state index contributed by atoms with van der Waals surface area (Å²) in [6, 6.07) is 8.99. The number of hydrogen-bond donors (Lipinski definition) is 1. The van der Waals surface area contributed by atoms with Gasteiger partial charge in [-0.1, -0.05) is 18.2 Å². The molecule has 1 atom stereocenters. The van der Waals surface area contributed by atoms with Crippen LogP contribution in [0.3, 0.4) is 0 Å². The van der Waals surface area contributed by atoms with Crippen molar-refractivity contribution in [3.63, 3.8) is 0 Å². The molecule has 2 rings (SSSR count). The molecule has 1 aromatic carbocycles. The second-order valence-corrected chi connectivity index (χ2v) is 4.64. The number of rotatable bonds is 0. The summed E-state index contributed by atoms with van der Waals surface area (Å²) in [5.41, 5.74) is 8.82. The van der Waals surface area contributed by atoms with Crippen molar-refractivity contribution < 1.29 is 4.58 Å². The zero-order chi connectivity index (χ0) is 11.7. The van der Waals surface area contributed by atoms with Gasteiger partial charge in [-0.3, -0.25) is 10.3 Å². The highest BCUT2D eigenvalue weighted by molar-refractivity contribution is 5.93. The van der Waals surface area contributed by atoms with E-state index in [2.05, 4.69) is 36.1 Å². The molecule has 3 heteroatoms. The molecule has 1 heterocycles. The van der Waals surface area contributed by atoms with E-state index in [1.165, 1.54) is 11.3 Å². The predicted octanol–water partition coefficient (Wildman–Crippen LogP) is 1.41. The Morgan fingerprint density at radius 2 is 2.06 bits per heavy atom. The van der Waals surface area contributed by atoms with Crippen molar-refractivity contribution >= 4 is 11.6 Å². The number of hydrogen-bond acceptors (Lipinski definition) is 0. The molecule has 0 fully saturated rings. The van der Waals surface area contributed by atoms with E-state index in [1.54, 1.807) is 0 Å². The Balaban J connectivity index is 2.49. The summed E-state index contributed by atoms with van der Waals surface area (Å²) in [6.07, 6.45) is 2.31. The largest absolute Gasteiger partial charge is 0.350 e. The Kier molecular flexibility index (Phi) is 2.86. The van der Waals surface area contributed by atoms with Crippen molar-refractivity contribution in [2.24, 2.45) is 5.73 Å². The van der Waals surface area contributed by atoms with Crippen molar-refractivity contribution in [3.8, 4) is 0 Å². The monoisotopic (exact) mass is 218 g/mol. The standard InChI is InChI=1S/C13H19N3/c1-10-8-9-11-6-4-5-7-12(11)16(10)13(14)15(2)3/h4-7,10,14H,8-9H2,1-3H3/p+1. The molecule has 0 spiro atoms. The lowest BCUT2D eigenvalue weighted by Crippen LogP contribution is -2.49. The molecule has 0 aliphatic carbocycles. The summed E-state index contributed by atoms with van der Waals surface area (Å²) in [6.45, 7) is 2.23. The number of anilines is 1. The quantitative estimate of drug-likeness (QED) is 0.406. The van der Waals surface area contributed by atoms with Crippen LogP contribution in [0.15, 0.2) is 24.3 Å². The van der Waals surface area contributed by atoms with E-state index < -0.39 is 0 Å². The first-order valence-corrected chi connectivity index (χ1v) is 5.78. The molecule has 2 N–H and O–H groups in total. The highest BCUT2D eigenvalue weighted by Gasteiger charge is 2.30. The highest BCUT2D eigenvalue weighted by Crippen LogP contribution is 2.29. The Morgan fingerprint density at radius 3 is 2.75 bits per heavy atom. The molecule has 0 saturated heterocycles. The molecule has 0 saturated carbocycles. The molecule has 1 aliphatic heterocycles. The van der Waals surface area contributed by atoms with Gasteiger partial charge in [0.1, 0.15) is 5.69 Å². The lowest BCUT2D eigenvalue weighted by atomic mass is 9.97. The third-order valence-corrected chi connectivity index (χ3v) is 3.23. The second kappa shape index (κ2) is 4.16. The number of para-hydroxylation sites is 1. The van der Waals surface area contributed by atoms with Gasteiger partial charge in [0.15, 0.2) is 0 Å². The number of fused-ring (bicyclic) bond motifs is 1. The van der Waals surface area contributed by atoms with Crippen LogP contribution < -0.4 is 10.6 Å². The van der Waals surface area contributed by atoms with Crippen LogP contribution in [0.25, 0.3) is 0 Å². The Hall–Kier alpha value is -1.51. The molecular formula is C13H20N3+. The van der Waals surface area contributed by atoms with Crippen LogP contribution in [-0.4, -0.2) is 30.7 Å². The van der Waals surface area contributed by atoms with Crippen molar-refractivity contribution in [1.29, 1.82) is 0 Å². The highest BCUT2D eigenvalue weighted by atomic mass is 15.3. The Morgan fingerprint density at radius 1 is 1.38 bits per heavy atom. The van der Waals surface area contributed by atoms with Gasteiger partial charge in [0.2, 0.25) is 0 Å². The van der Waals surface area contributed by atoms with Gasteiger partial charge in [-0.05, 0) is 31.4 Å². The van der Waals surface area contributed by atoms with Gasteiger partial charge in [0, 0.05) is 0 Å². The van der Waals surface area contributed by atoms with Crippen LogP contribution in [0.2, 0.25) is 0 Å². The molecule has 0 radical (unpaired) electrons. The summed E-state index contributed by atoms with van der Waals surface area (Å²) < 4.78 is 1.97. The SMILES string of the molecule is CC1CCc2ccccc2N1C(N)=[N+](C)C. The van der Waals surface area contributed by atoms with Gasteiger partial charge in [-0.25, -0.2) is 4.90 Å². The molecular weight excluding hydrogens is 198 g/mol. The molecule has 0 amide bonds. The molecule has 16 heavy (non-hydrogen) atoms. The number of guanidine groups is 1. The normalized spacial score (nSPS) is 19.2. The molecule has 0 bridgehead atoms. The van der Waals surface area contributed by atoms with Gasteiger partial charge >= 0.3 is 5.96 Å². The van der Waals surface area contributed by atoms with E-state index in [4.69, 9.17) is 5.73 Å². The molecule has 3 nitrogen and oxygen atoms in total. The summed E-state index contributed by atoms with van der Waals surface area (Å²) in [5, 5.41) is 0. The molecule has 86 valence electrons. The summed E-state index contributed by atoms with van der Waals surface area (Å²) in [7, 11) is 3.97. The van der Waals surface area contributed by atoms with Gasteiger partial charge in [-0.15, -0.1) is 0 Å². The first kappa shape index (κ1) is 11.0. The van der Waals surface area contributed by atoms with Crippen molar-refractivity contribution in [2.45, 2.75) is 25.8 Å². The van der Waals surface area contributed by atoms with E-state index in [0.717, 1.165) is 18.8 Å². The topological polar surface area (TPSA) is 32.3 Å². The van der Waals surface area contributed by atoms with E-state index in [0.29, 0.717) is 6.04 Å². The first-order valence-electron chi connectivity index (χ1n) is 5.78. The van der Waals surface area contributed by atoms with Gasteiger partial charge in [-0.2, -0.15) is 0 Å². The summed E-state index contributed by atoms with van der Waals surface area (Å²) in [5.74, 6) is 0.819. The smallest absolute Gasteiger partial charge is 0.290 e. The van der Waals surface area contributed by atoms with Crippen LogP contribution in [0.4, 0.5) is 5.69 Å². The molecule has 0 aromatic heterocycles. The maximum atomic E-state index is 6.16. The fourth-order valence-electron chi connectivity index (χ4n) is 2.25. The van der Waals surface area contributed by atoms with E-state index in [-0.39, 0.29) is 0 Å². The van der Waals surface area contributed by atoms with Crippen LogP contribution in [0, 0.1) is 0 Å². The average Bonchev–Trinajstić information content (AvgIpc) is 2.28. The van der Waals surface area contributed by atoms with E-state index in [1.807, 2.05) is 18.7 Å². The fraction of sp³-hybridized carbons (Fsp3) is 0.462.